The van der Waals surface area contributed by atoms with Gasteiger partial charge in [-0.2, -0.15) is 0 Å². The summed E-state index contributed by atoms with van der Waals surface area (Å²) in [7, 11) is 5.18. The van der Waals surface area contributed by atoms with Crippen LogP contribution in [0.15, 0.2) is 18.2 Å². The molecule has 1 fully saturated rings. The van der Waals surface area contributed by atoms with Crippen molar-refractivity contribution in [3.8, 4) is 11.5 Å². The van der Waals surface area contributed by atoms with Gasteiger partial charge in [-0.25, -0.2) is 4.79 Å². The highest BCUT2D eigenvalue weighted by molar-refractivity contribution is 5.96. The van der Waals surface area contributed by atoms with Crippen LogP contribution < -0.4 is 25.0 Å². The Bertz CT molecular complexity index is 644. The number of benzene rings is 1. The zero-order chi connectivity index (χ0) is 19.8. The van der Waals surface area contributed by atoms with Gasteiger partial charge < -0.3 is 19.7 Å². The van der Waals surface area contributed by atoms with Gasteiger partial charge in [0.2, 0.25) is 0 Å². The Labute approximate surface area is 161 Å². The molecule has 3 N–H and O–H groups in total. The van der Waals surface area contributed by atoms with E-state index in [1.54, 1.807) is 14.2 Å². The fourth-order valence-electron chi connectivity index (χ4n) is 3.33. The highest BCUT2D eigenvalue weighted by Crippen LogP contribution is 2.27. The molecule has 2 atom stereocenters. The average Bonchev–Trinajstić information content (AvgIpc) is 3.17. The van der Waals surface area contributed by atoms with Gasteiger partial charge in [0.25, 0.3) is 5.91 Å². The van der Waals surface area contributed by atoms with Crippen molar-refractivity contribution in [2.45, 2.75) is 51.1 Å². The monoisotopic (exact) mass is 378 g/mol. The number of rotatable bonds is 8. The molecule has 1 unspecified atom stereocenters. The van der Waals surface area contributed by atoms with Crippen molar-refractivity contribution in [3.63, 3.8) is 0 Å². The maximum absolute atomic E-state index is 12.3. The zero-order valence-electron chi connectivity index (χ0n) is 16.8. The number of hydrogen-bond donors (Lipinski definition) is 3. The molecule has 1 aromatic carbocycles. The Kier molecular flexibility index (Phi) is 7.91. The number of carbonyl (C=O) groups is 2. The number of hydrogen-bond acceptors (Lipinski definition) is 4. The lowest BCUT2D eigenvalue weighted by Gasteiger charge is -2.21. The van der Waals surface area contributed by atoms with Crippen LogP contribution in [-0.2, 0) is 11.2 Å². The second-order valence-corrected chi connectivity index (χ2v) is 7.20. The van der Waals surface area contributed by atoms with Crippen LogP contribution in [0, 0.1) is 0 Å². The van der Waals surface area contributed by atoms with E-state index in [1.165, 1.54) is 0 Å². The van der Waals surface area contributed by atoms with Gasteiger partial charge in [-0.3, -0.25) is 10.1 Å². The fourth-order valence-corrected chi connectivity index (χ4v) is 3.33. The summed E-state index contributed by atoms with van der Waals surface area (Å²) in [4.78, 5) is 25.3. The molecule has 1 saturated carbocycles. The van der Waals surface area contributed by atoms with Crippen molar-refractivity contribution >= 4 is 11.9 Å². The van der Waals surface area contributed by atoms with Gasteiger partial charge in [0, 0.05) is 12.5 Å². The lowest BCUT2D eigenvalue weighted by Crippen LogP contribution is -3.14. The first kappa shape index (κ1) is 21.0. The van der Waals surface area contributed by atoms with Crippen molar-refractivity contribution in [3.05, 3.63) is 23.8 Å². The number of nitrogens with one attached hydrogen (secondary N) is 3. The van der Waals surface area contributed by atoms with Gasteiger partial charge in [-0.15, -0.1) is 0 Å². The molecule has 150 valence electrons. The third-order valence-corrected chi connectivity index (χ3v) is 5.32. The maximum atomic E-state index is 12.3. The Balaban J connectivity index is 1.80. The molecular formula is C20H32N3O4+. The Hall–Kier alpha value is -2.28. The van der Waals surface area contributed by atoms with Crippen LogP contribution in [0.4, 0.5) is 4.79 Å². The van der Waals surface area contributed by atoms with E-state index >= 15 is 0 Å². The molecule has 0 bridgehead atoms. The number of carbonyl (C=O) groups excluding carboxylic acids is 2. The summed E-state index contributed by atoms with van der Waals surface area (Å²) < 4.78 is 10.6. The topological polar surface area (TPSA) is 81.1 Å². The van der Waals surface area contributed by atoms with Crippen LogP contribution in [0.1, 0.15) is 38.2 Å². The van der Waals surface area contributed by atoms with Crippen LogP contribution in [0.3, 0.4) is 0 Å². The summed E-state index contributed by atoms with van der Waals surface area (Å²) in [5.41, 5.74) is 1.11. The van der Waals surface area contributed by atoms with Gasteiger partial charge in [-0.05, 0) is 37.5 Å². The third kappa shape index (κ3) is 6.13. The molecule has 0 radical (unpaired) electrons. The Morgan fingerprint density at radius 1 is 1.19 bits per heavy atom. The van der Waals surface area contributed by atoms with Gasteiger partial charge in [0.05, 0.1) is 27.8 Å². The van der Waals surface area contributed by atoms with E-state index in [0.717, 1.165) is 49.1 Å². The molecule has 2 rings (SSSR count). The number of quaternary nitrogens is 1. The molecule has 27 heavy (non-hydrogen) atoms. The molecule has 0 aromatic heterocycles. The highest BCUT2D eigenvalue weighted by atomic mass is 16.5. The summed E-state index contributed by atoms with van der Waals surface area (Å²) in [6, 6.07) is 5.32. The Morgan fingerprint density at radius 2 is 1.85 bits per heavy atom. The van der Waals surface area contributed by atoms with E-state index in [0.29, 0.717) is 11.5 Å². The van der Waals surface area contributed by atoms with E-state index in [1.807, 2.05) is 32.2 Å². The van der Waals surface area contributed by atoms with E-state index in [-0.39, 0.29) is 24.0 Å². The smallest absolute Gasteiger partial charge is 0.321 e. The number of ether oxygens (including phenoxy) is 2. The quantitative estimate of drug-likeness (QED) is 0.628. The van der Waals surface area contributed by atoms with E-state index in [4.69, 9.17) is 9.47 Å². The molecule has 1 aliphatic rings. The third-order valence-electron chi connectivity index (χ3n) is 5.32. The number of imide groups is 1. The summed E-state index contributed by atoms with van der Waals surface area (Å²) in [5.74, 6) is 1.14. The minimum absolute atomic E-state index is 0.197. The molecule has 7 nitrogen and oxygen atoms in total. The largest absolute Gasteiger partial charge is 0.493 e. The minimum Gasteiger partial charge on any atom is -0.493 e. The van der Waals surface area contributed by atoms with E-state index in [2.05, 4.69) is 10.6 Å². The fraction of sp³-hybridized carbons (Fsp3) is 0.600. The van der Waals surface area contributed by atoms with Crippen molar-refractivity contribution in [2.75, 3.05) is 27.8 Å². The van der Waals surface area contributed by atoms with Crippen molar-refractivity contribution < 1.29 is 24.0 Å². The molecule has 0 saturated heterocycles. The number of urea groups is 1. The number of methoxy groups -OCH3 is 2. The van der Waals surface area contributed by atoms with Crippen molar-refractivity contribution in [1.82, 2.24) is 10.6 Å². The number of amides is 3. The molecule has 0 aliphatic heterocycles. The SMILES string of the molecule is COc1ccc(CC[NH+](C)[C@H](C)C(=O)NC(=O)NC2CCCC2)cc1OC. The second-order valence-electron chi connectivity index (χ2n) is 7.20. The molecule has 0 spiro atoms. The first-order chi connectivity index (χ1) is 12.9. The molecule has 3 amide bonds. The molecular weight excluding hydrogens is 346 g/mol. The molecule has 1 aromatic rings. The predicted octanol–water partition coefficient (Wildman–Crippen LogP) is 0.918. The normalized spacial score (nSPS) is 16.4. The van der Waals surface area contributed by atoms with Gasteiger partial charge in [0.15, 0.2) is 17.5 Å². The van der Waals surface area contributed by atoms with Crippen LogP contribution in [-0.4, -0.2) is 51.8 Å². The summed E-state index contributed by atoms with van der Waals surface area (Å²) >= 11 is 0. The van der Waals surface area contributed by atoms with Crippen LogP contribution >= 0.6 is 0 Å². The first-order valence-corrected chi connectivity index (χ1v) is 9.59. The first-order valence-electron chi connectivity index (χ1n) is 9.59. The molecule has 0 heterocycles. The van der Waals surface area contributed by atoms with Crippen LogP contribution in [0.5, 0.6) is 11.5 Å². The molecule has 1 aliphatic carbocycles. The predicted molar refractivity (Wildman–Crippen MR) is 103 cm³/mol. The summed E-state index contributed by atoms with van der Waals surface area (Å²) in [5, 5.41) is 5.35. The molecule has 7 heteroatoms. The zero-order valence-corrected chi connectivity index (χ0v) is 16.8. The van der Waals surface area contributed by atoms with E-state index in [9.17, 15) is 9.59 Å². The summed E-state index contributed by atoms with van der Waals surface area (Å²) in [6.07, 6.45) is 5.05. The van der Waals surface area contributed by atoms with Crippen LogP contribution in [0.2, 0.25) is 0 Å². The van der Waals surface area contributed by atoms with Gasteiger partial charge >= 0.3 is 6.03 Å². The summed E-state index contributed by atoms with van der Waals surface area (Å²) in [6.45, 7) is 2.59. The van der Waals surface area contributed by atoms with Crippen molar-refractivity contribution in [1.29, 1.82) is 0 Å². The second kappa shape index (κ2) is 10.2. The lowest BCUT2D eigenvalue weighted by molar-refractivity contribution is -0.894. The lowest BCUT2D eigenvalue weighted by atomic mass is 10.1. The minimum atomic E-state index is -0.383. The highest BCUT2D eigenvalue weighted by Gasteiger charge is 2.25. The average molecular weight is 378 g/mol. The van der Waals surface area contributed by atoms with Crippen LogP contribution in [0.25, 0.3) is 0 Å². The number of likely N-dealkylation sites (N-methyl/N-ethyl adjacent to an activating group) is 1. The van der Waals surface area contributed by atoms with Gasteiger partial charge in [0.1, 0.15) is 0 Å². The maximum Gasteiger partial charge on any atom is 0.321 e. The van der Waals surface area contributed by atoms with Gasteiger partial charge in [-0.1, -0.05) is 18.9 Å². The Morgan fingerprint density at radius 3 is 2.48 bits per heavy atom. The standard InChI is InChI=1S/C20H31N3O4/c1-14(19(24)22-20(25)21-16-7-5-6-8-16)23(2)12-11-15-9-10-17(26-3)18(13-15)27-4/h9-10,13-14,16H,5-8,11-12H2,1-4H3,(H2,21,22,24,25)/p+1/t14-/m1/s1. The van der Waals surface area contributed by atoms with E-state index < -0.39 is 0 Å². The van der Waals surface area contributed by atoms with Crippen molar-refractivity contribution in [2.24, 2.45) is 0 Å².